The van der Waals surface area contributed by atoms with Crippen LogP contribution in [0.4, 0.5) is 0 Å². The van der Waals surface area contributed by atoms with E-state index in [1.165, 1.54) is 6.08 Å². The van der Waals surface area contributed by atoms with Crippen LogP contribution in [0, 0.1) is 3.77 Å². The van der Waals surface area contributed by atoms with Crippen molar-refractivity contribution < 1.29 is 9.21 Å². The maximum atomic E-state index is 11.8. The van der Waals surface area contributed by atoms with Crippen LogP contribution in [0.3, 0.4) is 0 Å². The molecule has 0 aliphatic rings. The molecule has 2 rings (SSSR count). The van der Waals surface area contributed by atoms with Gasteiger partial charge in [-0.2, -0.15) is 0 Å². The van der Waals surface area contributed by atoms with Gasteiger partial charge in [-0.1, -0.05) is 29.8 Å². The van der Waals surface area contributed by atoms with Crippen molar-refractivity contribution in [2.24, 2.45) is 0 Å². The van der Waals surface area contributed by atoms with Crippen LogP contribution < -0.4 is 5.32 Å². The number of hydrogen-bond acceptors (Lipinski definition) is 2. The minimum atomic E-state index is -0.191. The minimum absolute atomic E-state index is 0.155. The fourth-order valence-corrected chi connectivity index (χ4v) is 2.47. The number of rotatable bonds is 4. The summed E-state index contributed by atoms with van der Waals surface area (Å²) in [6.07, 6.45) is 3.08. The zero-order chi connectivity index (χ0) is 14.5. The molecular weight excluding hydrogens is 389 g/mol. The van der Waals surface area contributed by atoms with Crippen LogP contribution in [0.15, 0.2) is 46.9 Å². The molecule has 3 nitrogen and oxygen atoms in total. The number of carbonyl (C=O) groups excluding carboxylic acids is 1. The molecule has 20 heavy (non-hydrogen) atoms. The van der Waals surface area contributed by atoms with Crippen LogP contribution in [0.5, 0.6) is 0 Å². The van der Waals surface area contributed by atoms with Gasteiger partial charge in [0.25, 0.3) is 0 Å². The van der Waals surface area contributed by atoms with Gasteiger partial charge in [0.2, 0.25) is 5.91 Å². The van der Waals surface area contributed by atoms with Gasteiger partial charge in [-0.15, -0.1) is 0 Å². The average molecular weight is 402 g/mol. The molecule has 1 aromatic heterocycles. The van der Waals surface area contributed by atoms with Gasteiger partial charge in [-0.3, -0.25) is 4.79 Å². The standard InChI is InChI=1S/C15H13ClINO2/c1-10(12-4-2-3-5-13(12)16)18-15(19)9-7-11-6-8-14(17)20-11/h2-10H,1H3,(H,18,19)/b9-7+. The Bertz CT molecular complexity index is 636. The molecular formula is C15H13ClINO2. The highest BCUT2D eigenvalue weighted by molar-refractivity contribution is 14.1. The predicted molar refractivity (Wildman–Crippen MR) is 88.5 cm³/mol. The van der Waals surface area contributed by atoms with Crippen LogP contribution in [0.25, 0.3) is 6.08 Å². The zero-order valence-corrected chi connectivity index (χ0v) is 13.7. The van der Waals surface area contributed by atoms with Gasteiger partial charge in [0.1, 0.15) is 5.76 Å². The minimum Gasteiger partial charge on any atom is -0.451 e. The first-order chi connectivity index (χ1) is 9.56. The van der Waals surface area contributed by atoms with Crippen molar-refractivity contribution in [1.29, 1.82) is 0 Å². The van der Waals surface area contributed by atoms with Crippen molar-refractivity contribution in [3.63, 3.8) is 0 Å². The second kappa shape index (κ2) is 6.95. The molecule has 1 aromatic carbocycles. The van der Waals surface area contributed by atoms with Gasteiger partial charge < -0.3 is 9.73 Å². The molecule has 0 saturated carbocycles. The van der Waals surface area contributed by atoms with E-state index in [2.05, 4.69) is 27.9 Å². The Kier molecular flexibility index (Phi) is 5.25. The number of hydrogen-bond donors (Lipinski definition) is 1. The second-order valence-electron chi connectivity index (χ2n) is 4.23. The van der Waals surface area contributed by atoms with E-state index in [0.717, 1.165) is 9.33 Å². The summed E-state index contributed by atoms with van der Waals surface area (Å²) >= 11 is 8.17. The Labute approximate surface area is 136 Å². The van der Waals surface area contributed by atoms with Gasteiger partial charge in [0.15, 0.2) is 3.77 Å². The van der Waals surface area contributed by atoms with Gasteiger partial charge in [0, 0.05) is 11.1 Å². The largest absolute Gasteiger partial charge is 0.451 e. The Balaban J connectivity index is 1.98. The van der Waals surface area contributed by atoms with Crippen molar-refractivity contribution >= 4 is 46.2 Å². The predicted octanol–water partition coefficient (Wildman–Crippen LogP) is 4.43. The van der Waals surface area contributed by atoms with Gasteiger partial charge in [-0.05, 0) is 59.4 Å². The Morgan fingerprint density at radius 2 is 2.10 bits per heavy atom. The third-order valence-corrected chi connectivity index (χ3v) is 3.65. The number of halogens is 2. The zero-order valence-electron chi connectivity index (χ0n) is 10.8. The normalized spacial score (nSPS) is 12.6. The Morgan fingerprint density at radius 1 is 1.35 bits per heavy atom. The molecule has 1 atom stereocenters. The molecule has 0 spiro atoms. The van der Waals surface area contributed by atoms with Crippen LogP contribution in [0.2, 0.25) is 5.02 Å². The molecule has 0 fully saturated rings. The number of carbonyl (C=O) groups is 1. The molecule has 0 radical (unpaired) electrons. The lowest BCUT2D eigenvalue weighted by molar-refractivity contribution is -0.117. The SMILES string of the molecule is CC(NC(=O)/C=C/c1ccc(I)o1)c1ccccc1Cl. The molecule has 0 bridgehead atoms. The van der Waals surface area contributed by atoms with Crippen LogP contribution in [0.1, 0.15) is 24.3 Å². The average Bonchev–Trinajstić information content (AvgIpc) is 2.82. The lowest BCUT2D eigenvalue weighted by atomic mass is 10.1. The van der Waals surface area contributed by atoms with Crippen LogP contribution in [-0.2, 0) is 4.79 Å². The van der Waals surface area contributed by atoms with E-state index >= 15 is 0 Å². The topological polar surface area (TPSA) is 42.2 Å². The van der Waals surface area contributed by atoms with E-state index in [-0.39, 0.29) is 11.9 Å². The van der Waals surface area contributed by atoms with Crippen LogP contribution in [-0.4, -0.2) is 5.91 Å². The number of benzene rings is 1. The van der Waals surface area contributed by atoms with Gasteiger partial charge >= 0.3 is 0 Å². The maximum absolute atomic E-state index is 11.8. The molecule has 0 aliphatic carbocycles. The maximum Gasteiger partial charge on any atom is 0.244 e. The van der Waals surface area contributed by atoms with E-state index in [1.807, 2.05) is 37.3 Å². The summed E-state index contributed by atoms with van der Waals surface area (Å²) in [7, 11) is 0. The number of amides is 1. The molecule has 5 heteroatoms. The number of nitrogens with one attached hydrogen (secondary N) is 1. The smallest absolute Gasteiger partial charge is 0.244 e. The van der Waals surface area contributed by atoms with Crippen molar-refractivity contribution in [1.82, 2.24) is 5.32 Å². The highest BCUT2D eigenvalue weighted by Gasteiger charge is 2.10. The fraction of sp³-hybridized carbons (Fsp3) is 0.133. The lowest BCUT2D eigenvalue weighted by Gasteiger charge is -2.14. The lowest BCUT2D eigenvalue weighted by Crippen LogP contribution is -2.24. The summed E-state index contributed by atoms with van der Waals surface area (Å²) in [5.74, 6) is 0.457. The third-order valence-electron chi connectivity index (χ3n) is 2.72. The molecule has 1 amide bonds. The first-order valence-corrected chi connectivity index (χ1v) is 7.50. The summed E-state index contributed by atoms with van der Waals surface area (Å²) in [5.41, 5.74) is 0.892. The molecule has 1 N–H and O–H groups in total. The molecule has 0 aliphatic heterocycles. The summed E-state index contributed by atoms with van der Waals surface area (Å²) in [6.45, 7) is 1.89. The molecule has 0 saturated heterocycles. The van der Waals surface area contributed by atoms with Crippen molar-refractivity contribution in [2.75, 3.05) is 0 Å². The van der Waals surface area contributed by atoms with E-state index in [9.17, 15) is 4.79 Å². The fourth-order valence-electron chi connectivity index (χ4n) is 1.74. The van der Waals surface area contributed by atoms with E-state index in [4.69, 9.17) is 16.0 Å². The van der Waals surface area contributed by atoms with Gasteiger partial charge in [-0.25, -0.2) is 0 Å². The molecule has 1 heterocycles. The third kappa shape index (κ3) is 4.11. The van der Waals surface area contributed by atoms with Gasteiger partial charge in [0.05, 0.1) is 6.04 Å². The first-order valence-electron chi connectivity index (χ1n) is 6.04. The van der Waals surface area contributed by atoms with E-state index in [1.54, 1.807) is 12.1 Å². The van der Waals surface area contributed by atoms with Crippen molar-refractivity contribution in [3.8, 4) is 0 Å². The van der Waals surface area contributed by atoms with E-state index < -0.39 is 0 Å². The first kappa shape index (κ1) is 15.1. The van der Waals surface area contributed by atoms with Crippen LogP contribution >= 0.6 is 34.2 Å². The highest BCUT2D eigenvalue weighted by atomic mass is 127. The summed E-state index contributed by atoms with van der Waals surface area (Å²) in [5, 5.41) is 3.50. The Hall–Kier alpha value is -1.27. The molecule has 2 aromatic rings. The van der Waals surface area contributed by atoms with Crippen molar-refractivity contribution in [3.05, 3.63) is 62.6 Å². The monoisotopic (exact) mass is 401 g/mol. The summed E-state index contributed by atoms with van der Waals surface area (Å²) < 4.78 is 6.13. The summed E-state index contributed by atoms with van der Waals surface area (Å²) in [6, 6.07) is 10.9. The van der Waals surface area contributed by atoms with E-state index in [0.29, 0.717) is 10.8 Å². The molecule has 104 valence electrons. The second-order valence-corrected chi connectivity index (χ2v) is 5.70. The highest BCUT2D eigenvalue weighted by Crippen LogP contribution is 2.22. The summed E-state index contributed by atoms with van der Waals surface area (Å²) in [4.78, 5) is 11.8. The number of furan rings is 1. The molecule has 1 unspecified atom stereocenters. The Morgan fingerprint density at radius 3 is 2.75 bits per heavy atom. The quantitative estimate of drug-likeness (QED) is 0.608. The van der Waals surface area contributed by atoms with Crippen molar-refractivity contribution in [2.45, 2.75) is 13.0 Å².